The molecule has 0 saturated heterocycles. The van der Waals surface area contributed by atoms with E-state index in [1.54, 1.807) is 24.5 Å². The first-order chi connectivity index (χ1) is 8.98. The summed E-state index contributed by atoms with van der Waals surface area (Å²) >= 11 is 0. The Morgan fingerprint density at radius 1 is 1.05 bits per heavy atom. The first kappa shape index (κ1) is 13.5. The van der Waals surface area contributed by atoms with Crippen molar-refractivity contribution in [3.8, 4) is 0 Å². The number of benzene rings is 1. The molecule has 1 amide bonds. The quantitative estimate of drug-likeness (QED) is 0.871. The molecule has 1 heterocycles. The molecule has 1 aromatic heterocycles. The molecule has 0 radical (unpaired) electrons. The summed E-state index contributed by atoms with van der Waals surface area (Å²) in [6, 6.07) is 11.4. The van der Waals surface area contributed by atoms with Gasteiger partial charge in [-0.05, 0) is 23.4 Å². The third kappa shape index (κ3) is 3.29. The Kier molecular flexibility index (Phi) is 3.81. The number of nitrogens with zero attached hydrogens (tertiary/aromatic N) is 1. The van der Waals surface area contributed by atoms with Crippen molar-refractivity contribution in [1.29, 1.82) is 0 Å². The summed E-state index contributed by atoms with van der Waals surface area (Å²) < 4.78 is 0. The Labute approximate surface area is 114 Å². The Morgan fingerprint density at radius 3 is 2.32 bits per heavy atom. The number of rotatable bonds is 3. The number of carbonyl (C=O) groups excluding carboxylic acids is 1. The monoisotopic (exact) mass is 270 g/mol. The van der Waals surface area contributed by atoms with Crippen molar-refractivity contribution in [1.82, 2.24) is 4.98 Å². The van der Waals surface area contributed by atoms with E-state index in [0.29, 0.717) is 0 Å². The maximum Gasteiger partial charge on any atom is 0.255 e. The number of pyridine rings is 1. The number of aromatic nitrogens is 1. The van der Waals surface area contributed by atoms with Crippen LogP contribution in [0.3, 0.4) is 0 Å². The highest BCUT2D eigenvalue weighted by atomic mass is 28.3. The van der Waals surface area contributed by atoms with Crippen LogP contribution in [0.5, 0.6) is 0 Å². The molecular weight excluding hydrogens is 252 g/mol. The van der Waals surface area contributed by atoms with Crippen LogP contribution in [0.2, 0.25) is 19.6 Å². The van der Waals surface area contributed by atoms with E-state index in [1.807, 2.05) is 18.2 Å². The molecule has 98 valence electrons. The van der Waals surface area contributed by atoms with Crippen molar-refractivity contribution in [3.05, 3.63) is 54.4 Å². The summed E-state index contributed by atoms with van der Waals surface area (Å²) in [5.74, 6) is -0.0516. The van der Waals surface area contributed by atoms with E-state index in [2.05, 4.69) is 36.0 Å². The number of hydrogen-bond acceptors (Lipinski definition) is 2. The fourth-order valence-corrected chi connectivity index (χ4v) is 3.57. The average Bonchev–Trinajstić information content (AvgIpc) is 2.39. The lowest BCUT2D eigenvalue weighted by molar-refractivity contribution is 0.102. The van der Waals surface area contributed by atoms with Crippen molar-refractivity contribution in [2.45, 2.75) is 19.6 Å². The third-order valence-electron chi connectivity index (χ3n) is 2.92. The number of hydrogen-bond donors (Lipinski definition) is 1. The molecule has 4 heteroatoms. The second kappa shape index (κ2) is 5.36. The van der Waals surface area contributed by atoms with E-state index in [9.17, 15) is 4.79 Å². The second-order valence-corrected chi connectivity index (χ2v) is 10.5. The smallest absolute Gasteiger partial charge is 0.255 e. The SMILES string of the molecule is C[Si](C)(C)c1ccccc1C(=O)Nc1ccncc1. The van der Waals surface area contributed by atoms with Crippen LogP contribution in [-0.4, -0.2) is 19.0 Å². The van der Waals surface area contributed by atoms with Crippen LogP contribution < -0.4 is 10.5 Å². The van der Waals surface area contributed by atoms with E-state index < -0.39 is 8.07 Å². The van der Waals surface area contributed by atoms with Crippen molar-refractivity contribution < 1.29 is 4.79 Å². The van der Waals surface area contributed by atoms with E-state index in [1.165, 1.54) is 5.19 Å². The maximum absolute atomic E-state index is 12.4. The van der Waals surface area contributed by atoms with Crippen molar-refractivity contribution in [3.63, 3.8) is 0 Å². The van der Waals surface area contributed by atoms with Gasteiger partial charge in [0, 0.05) is 23.6 Å². The summed E-state index contributed by atoms with van der Waals surface area (Å²) in [6.45, 7) is 6.72. The van der Waals surface area contributed by atoms with Gasteiger partial charge in [-0.1, -0.05) is 37.8 Å². The van der Waals surface area contributed by atoms with E-state index >= 15 is 0 Å². The van der Waals surface area contributed by atoms with Gasteiger partial charge in [0.25, 0.3) is 5.91 Å². The van der Waals surface area contributed by atoms with Crippen LogP contribution in [0.1, 0.15) is 10.4 Å². The zero-order chi connectivity index (χ0) is 13.9. The molecule has 2 rings (SSSR count). The molecule has 0 fully saturated rings. The van der Waals surface area contributed by atoms with Gasteiger partial charge in [0.2, 0.25) is 0 Å². The first-order valence-electron chi connectivity index (χ1n) is 6.29. The Hall–Kier alpha value is -1.94. The van der Waals surface area contributed by atoms with Crippen LogP contribution >= 0.6 is 0 Å². The maximum atomic E-state index is 12.4. The topological polar surface area (TPSA) is 42.0 Å². The largest absolute Gasteiger partial charge is 0.322 e. The summed E-state index contributed by atoms with van der Waals surface area (Å²) in [6.07, 6.45) is 3.33. The molecule has 0 bridgehead atoms. The highest BCUT2D eigenvalue weighted by Crippen LogP contribution is 2.10. The fourth-order valence-electron chi connectivity index (χ4n) is 1.97. The van der Waals surface area contributed by atoms with Crippen molar-refractivity contribution >= 4 is 24.9 Å². The third-order valence-corrected chi connectivity index (χ3v) is 4.97. The van der Waals surface area contributed by atoms with Gasteiger partial charge in [-0.2, -0.15) is 0 Å². The molecule has 2 aromatic rings. The molecule has 3 nitrogen and oxygen atoms in total. The molecule has 0 aliphatic heterocycles. The zero-order valence-electron chi connectivity index (χ0n) is 11.5. The van der Waals surface area contributed by atoms with Gasteiger partial charge in [-0.3, -0.25) is 9.78 Å². The predicted molar refractivity (Wildman–Crippen MR) is 81.6 cm³/mol. The summed E-state index contributed by atoms with van der Waals surface area (Å²) in [5.41, 5.74) is 1.55. The number of nitrogens with one attached hydrogen (secondary N) is 1. The summed E-state index contributed by atoms with van der Waals surface area (Å²) in [7, 11) is -1.53. The minimum atomic E-state index is -1.53. The number of anilines is 1. The van der Waals surface area contributed by atoms with E-state index in [-0.39, 0.29) is 5.91 Å². The zero-order valence-corrected chi connectivity index (χ0v) is 12.5. The van der Waals surface area contributed by atoms with Gasteiger partial charge in [0.15, 0.2) is 0 Å². The van der Waals surface area contributed by atoms with Crippen LogP contribution in [0.4, 0.5) is 5.69 Å². The minimum Gasteiger partial charge on any atom is -0.322 e. The predicted octanol–water partition coefficient (Wildman–Crippen LogP) is 2.88. The molecular formula is C15H18N2OSi. The van der Waals surface area contributed by atoms with E-state index in [0.717, 1.165) is 11.3 Å². The lowest BCUT2D eigenvalue weighted by atomic mass is 10.2. The van der Waals surface area contributed by atoms with Gasteiger partial charge in [-0.15, -0.1) is 0 Å². The van der Waals surface area contributed by atoms with Gasteiger partial charge in [-0.25, -0.2) is 0 Å². The standard InChI is InChI=1S/C15H18N2OSi/c1-19(2,3)14-7-5-4-6-13(14)15(18)17-12-8-10-16-11-9-12/h4-11H,1-3H3,(H,16,17,18). The van der Waals surface area contributed by atoms with E-state index in [4.69, 9.17) is 0 Å². The average molecular weight is 270 g/mol. The minimum absolute atomic E-state index is 0.0516. The lowest BCUT2D eigenvalue weighted by Crippen LogP contribution is -2.42. The van der Waals surface area contributed by atoms with Gasteiger partial charge < -0.3 is 5.32 Å². The van der Waals surface area contributed by atoms with Crippen LogP contribution in [0.15, 0.2) is 48.8 Å². The van der Waals surface area contributed by atoms with Crippen LogP contribution in [0.25, 0.3) is 0 Å². The molecule has 0 unspecified atom stereocenters. The van der Waals surface area contributed by atoms with Gasteiger partial charge >= 0.3 is 0 Å². The molecule has 19 heavy (non-hydrogen) atoms. The Bertz CT molecular complexity index is 576. The van der Waals surface area contributed by atoms with Gasteiger partial charge in [0.1, 0.15) is 0 Å². The highest BCUT2D eigenvalue weighted by molar-refractivity contribution is 6.89. The Morgan fingerprint density at radius 2 is 1.68 bits per heavy atom. The fraction of sp³-hybridized carbons (Fsp3) is 0.200. The normalized spacial score (nSPS) is 11.1. The molecule has 0 aliphatic rings. The molecule has 0 aliphatic carbocycles. The van der Waals surface area contributed by atoms with Gasteiger partial charge in [0.05, 0.1) is 8.07 Å². The summed E-state index contributed by atoms with van der Waals surface area (Å²) in [5, 5.41) is 4.10. The van der Waals surface area contributed by atoms with Crippen molar-refractivity contribution in [2.75, 3.05) is 5.32 Å². The summed E-state index contributed by atoms with van der Waals surface area (Å²) in [4.78, 5) is 16.3. The molecule has 1 N–H and O–H groups in total. The van der Waals surface area contributed by atoms with Crippen LogP contribution in [0, 0.1) is 0 Å². The lowest BCUT2D eigenvalue weighted by Gasteiger charge is -2.20. The highest BCUT2D eigenvalue weighted by Gasteiger charge is 2.22. The number of carbonyl (C=O) groups is 1. The van der Waals surface area contributed by atoms with Crippen LogP contribution in [-0.2, 0) is 0 Å². The molecule has 1 aromatic carbocycles. The number of amides is 1. The Balaban J connectivity index is 2.30. The molecule has 0 spiro atoms. The first-order valence-corrected chi connectivity index (χ1v) is 9.79. The van der Waals surface area contributed by atoms with Crippen molar-refractivity contribution in [2.24, 2.45) is 0 Å². The molecule has 0 saturated carbocycles. The second-order valence-electron chi connectivity index (χ2n) is 5.49. The molecule has 0 atom stereocenters.